The molecule has 0 saturated carbocycles. The zero-order chi connectivity index (χ0) is 17.9. The van der Waals surface area contributed by atoms with E-state index in [4.69, 9.17) is 11.6 Å². The Morgan fingerprint density at radius 2 is 1.88 bits per heavy atom. The Morgan fingerprint density at radius 3 is 2.65 bits per heavy atom. The highest BCUT2D eigenvalue weighted by Gasteiger charge is 2.24. The molecule has 0 bridgehead atoms. The second kappa shape index (κ2) is 7.55. The molecule has 0 aliphatic carbocycles. The Morgan fingerprint density at radius 1 is 1.08 bits per heavy atom. The zero-order valence-electron chi connectivity index (χ0n) is 14.7. The maximum absolute atomic E-state index is 12.5. The maximum atomic E-state index is 12.5. The summed E-state index contributed by atoms with van der Waals surface area (Å²) in [6.07, 6.45) is 3.35. The van der Waals surface area contributed by atoms with Gasteiger partial charge in [0.05, 0.1) is 0 Å². The Bertz CT molecular complexity index is 876. The van der Waals surface area contributed by atoms with E-state index in [0.29, 0.717) is 12.3 Å². The molecule has 1 N–H and O–H groups in total. The number of aromatic nitrogens is 1. The number of hydrogen-bond acceptors (Lipinski definition) is 1. The van der Waals surface area contributed by atoms with E-state index in [9.17, 15) is 4.79 Å². The van der Waals surface area contributed by atoms with Crippen LogP contribution in [0.4, 0.5) is 0 Å². The first kappa shape index (κ1) is 17.2. The minimum Gasteiger partial charge on any atom is -0.358 e. The monoisotopic (exact) mass is 366 g/mol. The van der Waals surface area contributed by atoms with Crippen molar-refractivity contribution in [1.29, 1.82) is 0 Å². The third-order valence-corrected chi connectivity index (χ3v) is 5.59. The molecule has 1 aromatic heterocycles. The molecule has 0 unspecified atom stereocenters. The number of hydrogen-bond donors (Lipinski definition) is 1. The van der Waals surface area contributed by atoms with Crippen LogP contribution < -0.4 is 0 Å². The lowest BCUT2D eigenvalue weighted by Gasteiger charge is -2.31. The van der Waals surface area contributed by atoms with Gasteiger partial charge in [0.15, 0.2) is 0 Å². The summed E-state index contributed by atoms with van der Waals surface area (Å²) in [5, 5.41) is 2.00. The standard InChI is InChI=1S/C22H23ClN2O/c23-19-6-3-4-16(14-19)8-9-22(26)25-12-10-17(11-13-25)21-15-18-5-1-2-7-20(18)24-21/h1-7,14-15,17,24H,8-13H2. The van der Waals surface area contributed by atoms with E-state index < -0.39 is 0 Å². The summed E-state index contributed by atoms with van der Waals surface area (Å²) in [4.78, 5) is 18.1. The van der Waals surface area contributed by atoms with Gasteiger partial charge in [-0.1, -0.05) is 41.9 Å². The molecular formula is C22H23ClN2O. The molecule has 1 saturated heterocycles. The summed E-state index contributed by atoms with van der Waals surface area (Å²) in [7, 11) is 0. The second-order valence-electron chi connectivity index (χ2n) is 7.10. The highest BCUT2D eigenvalue weighted by Crippen LogP contribution is 2.30. The van der Waals surface area contributed by atoms with Crippen molar-refractivity contribution in [2.24, 2.45) is 0 Å². The predicted molar refractivity (Wildman–Crippen MR) is 107 cm³/mol. The number of likely N-dealkylation sites (tertiary alicyclic amines) is 1. The van der Waals surface area contributed by atoms with Crippen molar-refractivity contribution in [3.05, 3.63) is 70.9 Å². The van der Waals surface area contributed by atoms with Gasteiger partial charge in [0, 0.05) is 41.7 Å². The molecule has 3 nitrogen and oxygen atoms in total. The van der Waals surface area contributed by atoms with Crippen molar-refractivity contribution in [3.63, 3.8) is 0 Å². The van der Waals surface area contributed by atoms with E-state index in [1.54, 1.807) is 0 Å². The molecule has 26 heavy (non-hydrogen) atoms. The average molecular weight is 367 g/mol. The normalized spacial score (nSPS) is 15.5. The number of fused-ring (bicyclic) bond motifs is 1. The van der Waals surface area contributed by atoms with Crippen LogP contribution in [0.1, 0.15) is 36.4 Å². The quantitative estimate of drug-likeness (QED) is 0.680. The predicted octanol–water partition coefficient (Wildman–Crippen LogP) is 5.16. The van der Waals surface area contributed by atoms with E-state index >= 15 is 0 Å². The summed E-state index contributed by atoms with van der Waals surface area (Å²) < 4.78 is 0. The number of H-pyrrole nitrogens is 1. The molecule has 4 heteroatoms. The highest BCUT2D eigenvalue weighted by atomic mass is 35.5. The summed E-state index contributed by atoms with van der Waals surface area (Å²) >= 11 is 6.01. The number of benzene rings is 2. The first-order valence-electron chi connectivity index (χ1n) is 9.29. The summed E-state index contributed by atoms with van der Waals surface area (Å²) in [6.45, 7) is 1.68. The third-order valence-electron chi connectivity index (χ3n) is 5.35. The molecule has 134 valence electrons. The van der Waals surface area contributed by atoms with Gasteiger partial charge in [0.25, 0.3) is 0 Å². The van der Waals surface area contributed by atoms with Gasteiger partial charge in [-0.2, -0.15) is 0 Å². The first-order chi connectivity index (χ1) is 12.7. The van der Waals surface area contributed by atoms with Crippen molar-refractivity contribution < 1.29 is 4.79 Å². The Labute approximate surface area is 159 Å². The van der Waals surface area contributed by atoms with E-state index in [0.717, 1.165) is 42.9 Å². The van der Waals surface area contributed by atoms with Gasteiger partial charge in [-0.15, -0.1) is 0 Å². The van der Waals surface area contributed by atoms with Gasteiger partial charge in [-0.05, 0) is 54.5 Å². The Hall–Kier alpha value is -2.26. The largest absolute Gasteiger partial charge is 0.358 e. The van der Waals surface area contributed by atoms with Crippen LogP contribution in [0.5, 0.6) is 0 Å². The van der Waals surface area contributed by atoms with Crippen LogP contribution in [0.25, 0.3) is 10.9 Å². The second-order valence-corrected chi connectivity index (χ2v) is 7.53. The Kier molecular flexibility index (Phi) is 4.98. The first-order valence-corrected chi connectivity index (χ1v) is 9.67. The number of aromatic amines is 1. The van der Waals surface area contributed by atoms with Crippen LogP contribution in [0.3, 0.4) is 0 Å². The lowest BCUT2D eigenvalue weighted by atomic mass is 9.93. The Balaban J connectivity index is 1.32. The third kappa shape index (κ3) is 3.78. The fourth-order valence-electron chi connectivity index (χ4n) is 3.86. The zero-order valence-corrected chi connectivity index (χ0v) is 15.5. The summed E-state index contributed by atoms with van der Waals surface area (Å²) in [6, 6.07) is 18.4. The van der Waals surface area contributed by atoms with Gasteiger partial charge in [0.2, 0.25) is 5.91 Å². The van der Waals surface area contributed by atoms with E-state index in [1.807, 2.05) is 29.2 Å². The fourth-order valence-corrected chi connectivity index (χ4v) is 4.07. The number of carbonyl (C=O) groups is 1. The number of rotatable bonds is 4. The van der Waals surface area contributed by atoms with Crippen LogP contribution in [0, 0.1) is 0 Å². The molecule has 1 aliphatic rings. The van der Waals surface area contributed by atoms with Crippen molar-refractivity contribution in [2.75, 3.05) is 13.1 Å². The molecule has 2 aromatic carbocycles. The van der Waals surface area contributed by atoms with Crippen LogP contribution in [0.2, 0.25) is 5.02 Å². The van der Waals surface area contributed by atoms with Gasteiger partial charge >= 0.3 is 0 Å². The van der Waals surface area contributed by atoms with E-state index in [2.05, 4.69) is 35.3 Å². The molecule has 4 rings (SSSR count). The number of para-hydroxylation sites is 1. The van der Waals surface area contributed by atoms with E-state index in [1.165, 1.54) is 16.6 Å². The molecule has 0 atom stereocenters. The molecule has 1 amide bonds. The van der Waals surface area contributed by atoms with Crippen molar-refractivity contribution in [1.82, 2.24) is 9.88 Å². The van der Waals surface area contributed by atoms with Gasteiger partial charge < -0.3 is 9.88 Å². The average Bonchev–Trinajstić information content (AvgIpc) is 3.10. The smallest absolute Gasteiger partial charge is 0.222 e. The van der Waals surface area contributed by atoms with Gasteiger partial charge in [-0.3, -0.25) is 4.79 Å². The molecule has 0 radical (unpaired) electrons. The molecule has 3 aromatic rings. The van der Waals surface area contributed by atoms with Crippen LogP contribution in [-0.4, -0.2) is 28.9 Å². The number of amides is 1. The molecule has 1 fully saturated rings. The number of carbonyl (C=O) groups excluding carboxylic acids is 1. The van der Waals surface area contributed by atoms with Crippen molar-refractivity contribution in [2.45, 2.75) is 31.6 Å². The highest BCUT2D eigenvalue weighted by molar-refractivity contribution is 6.30. The van der Waals surface area contributed by atoms with E-state index in [-0.39, 0.29) is 5.91 Å². The number of halogens is 1. The lowest BCUT2D eigenvalue weighted by molar-refractivity contribution is -0.132. The molecular weight excluding hydrogens is 344 g/mol. The molecule has 1 aliphatic heterocycles. The lowest BCUT2D eigenvalue weighted by Crippen LogP contribution is -2.38. The topological polar surface area (TPSA) is 36.1 Å². The number of nitrogens with zero attached hydrogens (tertiary/aromatic N) is 1. The maximum Gasteiger partial charge on any atom is 0.222 e. The fraction of sp³-hybridized carbons (Fsp3) is 0.318. The van der Waals surface area contributed by atoms with Crippen LogP contribution in [0.15, 0.2) is 54.6 Å². The molecule has 2 heterocycles. The summed E-state index contributed by atoms with van der Waals surface area (Å²) in [5.41, 5.74) is 3.62. The number of piperidine rings is 1. The van der Waals surface area contributed by atoms with Crippen LogP contribution >= 0.6 is 11.6 Å². The van der Waals surface area contributed by atoms with Crippen molar-refractivity contribution >= 4 is 28.4 Å². The minimum atomic E-state index is 0.250. The van der Waals surface area contributed by atoms with Crippen molar-refractivity contribution in [3.8, 4) is 0 Å². The molecule has 0 spiro atoms. The van der Waals surface area contributed by atoms with Gasteiger partial charge in [0.1, 0.15) is 0 Å². The SMILES string of the molecule is O=C(CCc1cccc(Cl)c1)N1CCC(c2cc3ccccc3[nH]2)CC1. The van der Waals surface area contributed by atoms with Crippen LogP contribution in [-0.2, 0) is 11.2 Å². The number of aryl methyl sites for hydroxylation is 1. The number of nitrogens with one attached hydrogen (secondary N) is 1. The summed E-state index contributed by atoms with van der Waals surface area (Å²) in [5.74, 6) is 0.763. The van der Waals surface area contributed by atoms with Gasteiger partial charge in [-0.25, -0.2) is 0 Å². The minimum absolute atomic E-state index is 0.250.